The van der Waals surface area contributed by atoms with E-state index in [4.69, 9.17) is 44.3 Å². The minimum absolute atomic E-state index is 0.341. The van der Waals surface area contributed by atoms with E-state index in [0.717, 1.165) is 21.3 Å². The number of methoxy groups -OCH3 is 1. The molecular formula is C21H17BrCl3NO2. The molecule has 0 unspecified atom stereocenters. The molecule has 0 bridgehead atoms. The molecule has 0 fully saturated rings. The molecule has 7 heteroatoms. The molecule has 146 valence electrons. The van der Waals surface area contributed by atoms with Crippen molar-refractivity contribution in [1.29, 1.82) is 0 Å². The van der Waals surface area contributed by atoms with Gasteiger partial charge in [0.15, 0.2) is 11.5 Å². The van der Waals surface area contributed by atoms with E-state index < -0.39 is 0 Å². The zero-order valence-electron chi connectivity index (χ0n) is 14.9. The van der Waals surface area contributed by atoms with Crippen LogP contribution in [0.5, 0.6) is 11.5 Å². The van der Waals surface area contributed by atoms with Crippen molar-refractivity contribution in [3.05, 3.63) is 85.3 Å². The summed E-state index contributed by atoms with van der Waals surface area (Å²) >= 11 is 21.9. The fourth-order valence-electron chi connectivity index (χ4n) is 2.64. The van der Waals surface area contributed by atoms with Crippen LogP contribution in [0, 0.1) is 0 Å². The number of hydrogen-bond acceptors (Lipinski definition) is 3. The summed E-state index contributed by atoms with van der Waals surface area (Å²) in [5.74, 6) is 1.25. The van der Waals surface area contributed by atoms with Crippen LogP contribution in [0.1, 0.15) is 11.1 Å². The zero-order valence-corrected chi connectivity index (χ0v) is 18.8. The van der Waals surface area contributed by atoms with Crippen molar-refractivity contribution < 1.29 is 9.47 Å². The number of nitrogens with one attached hydrogen (secondary N) is 1. The molecule has 3 nitrogen and oxygen atoms in total. The summed E-state index contributed by atoms with van der Waals surface area (Å²) in [6.45, 7) is 0.906. The van der Waals surface area contributed by atoms with Crippen molar-refractivity contribution >= 4 is 56.4 Å². The third-order valence-electron chi connectivity index (χ3n) is 3.98. The number of anilines is 1. The normalized spacial score (nSPS) is 10.6. The first-order valence-corrected chi connectivity index (χ1v) is 10.3. The highest BCUT2D eigenvalue weighted by Gasteiger charge is 2.13. The molecular weight excluding hydrogens is 484 g/mol. The lowest BCUT2D eigenvalue weighted by atomic mass is 10.2. The minimum Gasteiger partial charge on any atom is -0.493 e. The van der Waals surface area contributed by atoms with Crippen LogP contribution >= 0.6 is 50.7 Å². The highest BCUT2D eigenvalue weighted by molar-refractivity contribution is 9.10. The van der Waals surface area contributed by atoms with Gasteiger partial charge in [-0.1, -0.05) is 53.0 Å². The van der Waals surface area contributed by atoms with Crippen molar-refractivity contribution in [3.8, 4) is 11.5 Å². The van der Waals surface area contributed by atoms with E-state index in [-0.39, 0.29) is 0 Å². The maximum atomic E-state index is 6.20. The summed E-state index contributed by atoms with van der Waals surface area (Å²) in [7, 11) is 1.61. The molecule has 0 saturated heterocycles. The van der Waals surface area contributed by atoms with Crippen LogP contribution in [0.4, 0.5) is 5.69 Å². The van der Waals surface area contributed by atoms with Crippen molar-refractivity contribution in [2.75, 3.05) is 12.4 Å². The highest BCUT2D eigenvalue weighted by atomic mass is 79.9. The van der Waals surface area contributed by atoms with Gasteiger partial charge in [-0.2, -0.15) is 0 Å². The van der Waals surface area contributed by atoms with Crippen molar-refractivity contribution in [2.24, 2.45) is 0 Å². The molecule has 0 atom stereocenters. The Hall–Kier alpha value is -1.59. The average Bonchev–Trinajstić information content (AvgIpc) is 2.65. The Morgan fingerprint density at radius 3 is 2.36 bits per heavy atom. The molecule has 3 aromatic carbocycles. The van der Waals surface area contributed by atoms with E-state index in [0.29, 0.717) is 39.7 Å². The molecule has 0 heterocycles. The Kier molecular flexibility index (Phi) is 7.36. The first-order valence-electron chi connectivity index (χ1n) is 8.39. The van der Waals surface area contributed by atoms with E-state index >= 15 is 0 Å². The number of ether oxygens (including phenoxy) is 2. The molecule has 0 amide bonds. The van der Waals surface area contributed by atoms with E-state index in [1.807, 2.05) is 48.5 Å². The van der Waals surface area contributed by atoms with Gasteiger partial charge >= 0.3 is 0 Å². The monoisotopic (exact) mass is 499 g/mol. The molecule has 28 heavy (non-hydrogen) atoms. The maximum Gasteiger partial charge on any atom is 0.175 e. The van der Waals surface area contributed by atoms with Gasteiger partial charge < -0.3 is 14.8 Å². The second kappa shape index (κ2) is 9.75. The van der Waals surface area contributed by atoms with Crippen molar-refractivity contribution in [2.45, 2.75) is 13.2 Å². The summed E-state index contributed by atoms with van der Waals surface area (Å²) in [6.07, 6.45) is 0. The van der Waals surface area contributed by atoms with Crippen LogP contribution in [0.25, 0.3) is 0 Å². The number of halogens is 4. The second-order valence-corrected chi connectivity index (χ2v) is 8.14. The van der Waals surface area contributed by atoms with E-state index in [2.05, 4.69) is 21.2 Å². The van der Waals surface area contributed by atoms with Crippen LogP contribution in [-0.4, -0.2) is 7.11 Å². The zero-order chi connectivity index (χ0) is 20.1. The predicted molar refractivity (Wildman–Crippen MR) is 120 cm³/mol. The van der Waals surface area contributed by atoms with Crippen LogP contribution in [0.15, 0.2) is 59.1 Å². The molecule has 1 N–H and O–H groups in total. The van der Waals surface area contributed by atoms with Gasteiger partial charge in [0.2, 0.25) is 0 Å². The maximum absolute atomic E-state index is 6.20. The molecule has 0 spiro atoms. The molecule has 0 radical (unpaired) electrons. The van der Waals surface area contributed by atoms with Crippen molar-refractivity contribution in [1.82, 2.24) is 0 Å². The Bertz CT molecular complexity index is 962. The second-order valence-electron chi connectivity index (χ2n) is 6.00. The summed E-state index contributed by atoms with van der Waals surface area (Å²) in [5, 5.41) is 5.13. The van der Waals surface area contributed by atoms with Crippen molar-refractivity contribution in [3.63, 3.8) is 0 Å². The van der Waals surface area contributed by atoms with Gasteiger partial charge in [-0.05, 0) is 57.9 Å². The summed E-state index contributed by atoms with van der Waals surface area (Å²) < 4.78 is 12.3. The third-order valence-corrected chi connectivity index (χ3v) is 5.37. The van der Waals surface area contributed by atoms with E-state index in [1.54, 1.807) is 13.2 Å². The Morgan fingerprint density at radius 1 is 0.964 bits per heavy atom. The fraction of sp³-hybridized carbons (Fsp3) is 0.143. The lowest BCUT2D eigenvalue weighted by molar-refractivity contribution is 0.282. The number of hydrogen-bond donors (Lipinski definition) is 1. The first-order chi connectivity index (χ1) is 13.5. The quantitative estimate of drug-likeness (QED) is 0.361. The molecule has 3 aromatic rings. The van der Waals surface area contributed by atoms with Gasteiger partial charge in [0, 0.05) is 32.9 Å². The van der Waals surface area contributed by atoms with Gasteiger partial charge in [0.1, 0.15) is 6.61 Å². The lowest BCUT2D eigenvalue weighted by Crippen LogP contribution is -2.03. The third kappa shape index (κ3) is 5.48. The molecule has 0 aliphatic rings. The number of rotatable bonds is 7. The standard InChI is InChI=1S/C21H17BrCl3NO2/c1-27-20-7-13(11-26-17-9-15(23)8-16(24)10-17)6-18(22)21(20)28-12-14-4-2-3-5-19(14)25/h2-10,26H,11-12H2,1H3. The smallest absolute Gasteiger partial charge is 0.175 e. The van der Waals surface area contributed by atoms with Crippen LogP contribution in [-0.2, 0) is 13.2 Å². The first kappa shape index (κ1) is 21.1. The summed E-state index contributed by atoms with van der Waals surface area (Å²) in [6, 6.07) is 16.8. The van der Waals surface area contributed by atoms with E-state index in [1.165, 1.54) is 0 Å². The summed E-state index contributed by atoms with van der Waals surface area (Å²) in [5.41, 5.74) is 2.75. The Balaban J connectivity index is 1.74. The van der Waals surface area contributed by atoms with Crippen LogP contribution < -0.4 is 14.8 Å². The van der Waals surface area contributed by atoms with Crippen LogP contribution in [0.3, 0.4) is 0 Å². The van der Waals surface area contributed by atoms with Gasteiger partial charge in [-0.15, -0.1) is 0 Å². The van der Waals surface area contributed by atoms with Gasteiger partial charge in [-0.25, -0.2) is 0 Å². The summed E-state index contributed by atoms with van der Waals surface area (Å²) in [4.78, 5) is 0. The average molecular weight is 502 g/mol. The van der Waals surface area contributed by atoms with Gasteiger partial charge in [-0.3, -0.25) is 0 Å². The molecule has 0 aliphatic heterocycles. The Morgan fingerprint density at radius 2 is 1.68 bits per heavy atom. The minimum atomic E-state index is 0.341. The van der Waals surface area contributed by atoms with Gasteiger partial charge in [0.05, 0.1) is 11.6 Å². The molecule has 3 rings (SSSR count). The molecule has 0 saturated carbocycles. The molecule has 0 aromatic heterocycles. The number of benzene rings is 3. The molecule has 0 aliphatic carbocycles. The van der Waals surface area contributed by atoms with Gasteiger partial charge in [0.25, 0.3) is 0 Å². The SMILES string of the molecule is COc1cc(CNc2cc(Cl)cc(Cl)c2)cc(Br)c1OCc1ccccc1Cl. The van der Waals surface area contributed by atoms with Crippen LogP contribution in [0.2, 0.25) is 15.1 Å². The Labute approximate surface area is 187 Å². The topological polar surface area (TPSA) is 30.5 Å². The predicted octanol–water partition coefficient (Wildman–Crippen LogP) is 7.61. The fourth-order valence-corrected chi connectivity index (χ4v) is 3.96. The lowest BCUT2D eigenvalue weighted by Gasteiger charge is -2.15. The largest absolute Gasteiger partial charge is 0.493 e. The van der Waals surface area contributed by atoms with E-state index in [9.17, 15) is 0 Å². The highest BCUT2D eigenvalue weighted by Crippen LogP contribution is 2.38.